The number of fused-ring (bicyclic) bond motifs is 2. The van der Waals surface area contributed by atoms with Crippen LogP contribution in [0.3, 0.4) is 0 Å². The first-order chi connectivity index (χ1) is 15.9. The maximum atomic E-state index is 12.7. The Bertz CT molecular complexity index is 1070. The molecule has 2 aliphatic rings. The van der Waals surface area contributed by atoms with Crippen LogP contribution < -0.4 is 10.0 Å². The lowest BCUT2D eigenvalue weighted by atomic mass is 9.99. The smallest absolute Gasteiger partial charge is 0.307 e. The Kier molecular flexibility index (Phi) is 7.39. The van der Waals surface area contributed by atoms with E-state index < -0.39 is 16.1 Å². The Balaban J connectivity index is 1.35. The van der Waals surface area contributed by atoms with Crippen molar-refractivity contribution in [3.63, 3.8) is 0 Å². The zero-order valence-electron chi connectivity index (χ0n) is 19.7. The third-order valence-corrected chi connectivity index (χ3v) is 8.29. The molecular formula is C26H35N3O3S. The topological polar surface area (TPSA) is 78.5 Å². The van der Waals surface area contributed by atoms with Crippen molar-refractivity contribution in [1.29, 1.82) is 0 Å². The fourth-order valence-electron chi connectivity index (χ4n) is 5.20. The molecule has 2 N–H and O–H groups in total. The summed E-state index contributed by atoms with van der Waals surface area (Å²) in [6.07, 6.45) is 6.58. The number of nitrogens with zero attached hydrogens (tertiary/aromatic N) is 1. The van der Waals surface area contributed by atoms with Crippen molar-refractivity contribution in [3.05, 3.63) is 64.2 Å². The average Bonchev–Trinajstić information content (AvgIpc) is 3.45. The van der Waals surface area contributed by atoms with E-state index in [0.717, 1.165) is 57.3 Å². The molecule has 0 saturated heterocycles. The summed E-state index contributed by atoms with van der Waals surface area (Å²) < 4.78 is 27.6. The van der Waals surface area contributed by atoms with E-state index in [1.807, 2.05) is 25.1 Å². The lowest BCUT2D eigenvalue weighted by Gasteiger charge is -2.28. The number of hydrogen-bond donors (Lipinski definition) is 2. The molecule has 2 aliphatic carbocycles. The predicted octanol–water partition coefficient (Wildman–Crippen LogP) is 4.42. The van der Waals surface area contributed by atoms with E-state index in [2.05, 4.69) is 40.1 Å². The van der Waals surface area contributed by atoms with Gasteiger partial charge >= 0.3 is 6.03 Å². The number of carbonyl (C=O) groups is 1. The summed E-state index contributed by atoms with van der Waals surface area (Å²) in [6, 6.07) is 11.9. The molecule has 0 heterocycles. The van der Waals surface area contributed by atoms with E-state index in [9.17, 15) is 13.2 Å². The van der Waals surface area contributed by atoms with Crippen molar-refractivity contribution in [2.45, 2.75) is 71.4 Å². The van der Waals surface area contributed by atoms with Gasteiger partial charge in [0.25, 0.3) is 0 Å². The van der Waals surface area contributed by atoms with Crippen molar-refractivity contribution < 1.29 is 13.2 Å². The third-order valence-electron chi connectivity index (χ3n) is 7.02. The van der Waals surface area contributed by atoms with E-state index in [1.54, 1.807) is 0 Å². The number of aryl methyl sites for hydroxylation is 2. The van der Waals surface area contributed by atoms with Gasteiger partial charge in [0.2, 0.25) is 10.0 Å². The molecular weight excluding hydrogens is 434 g/mol. The van der Waals surface area contributed by atoms with E-state index in [4.69, 9.17) is 0 Å². The first-order valence-electron chi connectivity index (χ1n) is 12.1. The summed E-state index contributed by atoms with van der Waals surface area (Å²) in [7, 11) is -3.73. The first kappa shape index (κ1) is 23.8. The summed E-state index contributed by atoms with van der Waals surface area (Å²) in [5, 5.41) is 2.91. The molecule has 0 fully saturated rings. The van der Waals surface area contributed by atoms with Gasteiger partial charge in [0.1, 0.15) is 0 Å². The Morgan fingerprint density at radius 1 is 1.03 bits per heavy atom. The van der Waals surface area contributed by atoms with Gasteiger partial charge in [0.05, 0.1) is 5.75 Å². The van der Waals surface area contributed by atoms with Gasteiger partial charge in [0, 0.05) is 18.3 Å². The van der Waals surface area contributed by atoms with Crippen LogP contribution in [0.2, 0.25) is 0 Å². The number of rotatable bonds is 9. The van der Waals surface area contributed by atoms with Gasteiger partial charge < -0.3 is 5.32 Å². The van der Waals surface area contributed by atoms with Crippen molar-refractivity contribution in [2.24, 2.45) is 0 Å². The molecule has 7 heteroatoms. The molecule has 0 bridgehead atoms. The largest absolute Gasteiger partial charge is 0.332 e. The lowest BCUT2D eigenvalue weighted by molar-refractivity contribution is 0.206. The van der Waals surface area contributed by atoms with Crippen molar-refractivity contribution >= 4 is 21.7 Å². The third kappa shape index (κ3) is 5.76. The van der Waals surface area contributed by atoms with Crippen LogP contribution >= 0.6 is 0 Å². The van der Waals surface area contributed by atoms with Gasteiger partial charge in [-0.2, -0.15) is 0 Å². The molecule has 0 aliphatic heterocycles. The van der Waals surface area contributed by atoms with Crippen molar-refractivity contribution in [1.82, 2.24) is 9.62 Å². The molecule has 1 unspecified atom stereocenters. The monoisotopic (exact) mass is 469 g/mol. The number of urea groups is 1. The molecule has 6 nitrogen and oxygen atoms in total. The van der Waals surface area contributed by atoms with Crippen LogP contribution in [0.25, 0.3) is 0 Å². The number of hydrogen-bond acceptors (Lipinski definition) is 4. The number of sulfonamides is 1. The van der Waals surface area contributed by atoms with Gasteiger partial charge in [-0.25, -0.2) is 17.9 Å². The number of nitrogens with one attached hydrogen (secondary N) is 2. The standard InChI is InChI=1S/C26H35N3O3S/c1-3-29(18-20-9-5-4-6-10-20)19(2)15-16-33(31,32)28-26(30)27-25-23-13-7-11-21(23)17-22-12-8-14-24(22)25/h4-6,9-10,17,19H,3,7-8,11-16,18H2,1-2H3,(H2,27,28,30). The van der Waals surface area contributed by atoms with E-state index in [0.29, 0.717) is 6.42 Å². The van der Waals surface area contributed by atoms with Gasteiger partial charge in [0.15, 0.2) is 0 Å². The summed E-state index contributed by atoms with van der Waals surface area (Å²) in [5.41, 5.74) is 7.06. The predicted molar refractivity (Wildman–Crippen MR) is 133 cm³/mol. The highest BCUT2D eigenvalue weighted by atomic mass is 32.2. The Labute approximate surface area is 197 Å². The highest BCUT2D eigenvalue weighted by Gasteiger charge is 2.26. The maximum absolute atomic E-state index is 12.7. The SMILES string of the molecule is CCN(Cc1ccccc1)C(C)CCS(=O)(=O)NC(=O)Nc1c2c(cc3c1CCC3)CCC2. The Morgan fingerprint density at radius 2 is 1.67 bits per heavy atom. The minimum atomic E-state index is -3.73. The van der Waals surface area contributed by atoms with Crippen LogP contribution in [0.1, 0.15) is 60.9 Å². The van der Waals surface area contributed by atoms with Gasteiger partial charge in [-0.15, -0.1) is 0 Å². The summed E-state index contributed by atoms with van der Waals surface area (Å²) in [6.45, 7) is 5.72. The summed E-state index contributed by atoms with van der Waals surface area (Å²) >= 11 is 0. The van der Waals surface area contributed by atoms with Gasteiger partial charge in [-0.05, 0) is 86.2 Å². The Morgan fingerprint density at radius 3 is 2.27 bits per heavy atom. The minimum absolute atomic E-state index is 0.0792. The zero-order chi connectivity index (χ0) is 23.4. The fraction of sp³-hybridized carbons (Fsp3) is 0.500. The van der Waals surface area contributed by atoms with Crippen molar-refractivity contribution in [3.8, 4) is 0 Å². The number of carbonyl (C=O) groups excluding carboxylic acids is 1. The quantitative estimate of drug-likeness (QED) is 0.570. The van der Waals surface area contributed by atoms with E-state index in [1.165, 1.54) is 27.8 Å². The number of amides is 2. The van der Waals surface area contributed by atoms with E-state index in [-0.39, 0.29) is 11.8 Å². The lowest BCUT2D eigenvalue weighted by Crippen LogP contribution is -2.39. The number of benzene rings is 2. The molecule has 1 atom stereocenters. The molecule has 2 aromatic rings. The second-order valence-electron chi connectivity index (χ2n) is 9.30. The van der Waals surface area contributed by atoms with Crippen LogP contribution in [0, 0.1) is 0 Å². The second-order valence-corrected chi connectivity index (χ2v) is 11.1. The second kappa shape index (κ2) is 10.3. The summed E-state index contributed by atoms with van der Waals surface area (Å²) in [5.74, 6) is -0.0854. The summed E-state index contributed by atoms with van der Waals surface area (Å²) in [4.78, 5) is 14.9. The Hall–Kier alpha value is -2.38. The van der Waals surface area contributed by atoms with Crippen LogP contribution in [-0.4, -0.2) is 37.7 Å². The van der Waals surface area contributed by atoms with Gasteiger partial charge in [-0.1, -0.05) is 43.3 Å². The molecule has 0 radical (unpaired) electrons. The molecule has 0 saturated carbocycles. The van der Waals surface area contributed by atoms with Crippen LogP contribution in [0.4, 0.5) is 10.5 Å². The maximum Gasteiger partial charge on any atom is 0.332 e. The van der Waals surface area contributed by atoms with Crippen molar-refractivity contribution in [2.75, 3.05) is 17.6 Å². The molecule has 33 heavy (non-hydrogen) atoms. The molecule has 2 amide bonds. The highest BCUT2D eigenvalue weighted by molar-refractivity contribution is 7.90. The fourth-order valence-corrected chi connectivity index (χ4v) is 6.29. The van der Waals surface area contributed by atoms with Crippen LogP contribution in [0.15, 0.2) is 36.4 Å². The zero-order valence-corrected chi connectivity index (χ0v) is 20.5. The molecule has 0 aromatic heterocycles. The first-order valence-corrected chi connectivity index (χ1v) is 13.8. The highest BCUT2D eigenvalue weighted by Crippen LogP contribution is 2.38. The molecule has 178 valence electrons. The normalized spacial score (nSPS) is 15.8. The number of anilines is 1. The average molecular weight is 470 g/mol. The molecule has 4 rings (SSSR count). The molecule has 2 aromatic carbocycles. The van der Waals surface area contributed by atoms with E-state index >= 15 is 0 Å². The van der Waals surface area contributed by atoms with Gasteiger partial charge in [-0.3, -0.25) is 4.90 Å². The van der Waals surface area contributed by atoms with Crippen LogP contribution in [0.5, 0.6) is 0 Å². The minimum Gasteiger partial charge on any atom is -0.307 e. The molecule has 0 spiro atoms. The van der Waals surface area contributed by atoms with Crippen LogP contribution in [-0.2, 0) is 42.3 Å².